The van der Waals surface area contributed by atoms with Gasteiger partial charge in [0.15, 0.2) is 0 Å². The van der Waals surface area contributed by atoms with Crippen LogP contribution in [0.15, 0.2) is 0 Å². The standard InChI is InChI=1S/C11H20O2/c1-13-8-7-11(12)9-10-5-3-2-4-6-10/h10H,2-9H2,1H3. The van der Waals surface area contributed by atoms with E-state index in [0.717, 1.165) is 6.42 Å². The lowest BCUT2D eigenvalue weighted by atomic mass is 9.85. The summed E-state index contributed by atoms with van der Waals surface area (Å²) in [5.41, 5.74) is 0. The van der Waals surface area contributed by atoms with Gasteiger partial charge in [-0.05, 0) is 5.92 Å². The number of methoxy groups -OCH3 is 1. The first kappa shape index (κ1) is 10.7. The lowest BCUT2D eigenvalue weighted by Gasteiger charge is -2.20. The Bertz CT molecular complexity index is 148. The molecule has 0 bridgehead atoms. The van der Waals surface area contributed by atoms with E-state index in [-0.39, 0.29) is 0 Å². The summed E-state index contributed by atoms with van der Waals surface area (Å²) >= 11 is 0. The van der Waals surface area contributed by atoms with Gasteiger partial charge in [-0.3, -0.25) is 4.79 Å². The van der Waals surface area contributed by atoms with Gasteiger partial charge in [-0.2, -0.15) is 0 Å². The van der Waals surface area contributed by atoms with Crippen LogP contribution >= 0.6 is 0 Å². The van der Waals surface area contributed by atoms with E-state index < -0.39 is 0 Å². The number of hydrogen-bond donors (Lipinski definition) is 0. The van der Waals surface area contributed by atoms with Crippen LogP contribution in [0.3, 0.4) is 0 Å². The third-order valence-corrected chi connectivity index (χ3v) is 2.83. The Hall–Kier alpha value is -0.370. The molecule has 2 heteroatoms. The highest BCUT2D eigenvalue weighted by Crippen LogP contribution is 2.26. The van der Waals surface area contributed by atoms with Gasteiger partial charge in [0.25, 0.3) is 0 Å². The van der Waals surface area contributed by atoms with E-state index in [2.05, 4.69) is 0 Å². The van der Waals surface area contributed by atoms with Gasteiger partial charge in [-0.15, -0.1) is 0 Å². The normalized spacial score (nSPS) is 18.8. The Morgan fingerprint density at radius 2 is 2.00 bits per heavy atom. The van der Waals surface area contributed by atoms with Gasteiger partial charge in [0.1, 0.15) is 5.78 Å². The highest BCUT2D eigenvalue weighted by Gasteiger charge is 2.16. The molecule has 13 heavy (non-hydrogen) atoms. The molecule has 0 aromatic carbocycles. The minimum absolute atomic E-state index is 0.383. The zero-order valence-corrected chi connectivity index (χ0v) is 8.55. The minimum Gasteiger partial charge on any atom is -0.384 e. The molecule has 1 fully saturated rings. The molecule has 0 aromatic heterocycles. The molecular weight excluding hydrogens is 164 g/mol. The number of carbonyl (C=O) groups excluding carboxylic acids is 1. The van der Waals surface area contributed by atoms with Crippen molar-refractivity contribution in [1.29, 1.82) is 0 Å². The second kappa shape index (κ2) is 6.14. The molecule has 0 aliphatic heterocycles. The monoisotopic (exact) mass is 184 g/mol. The van der Waals surface area contributed by atoms with Gasteiger partial charge in [0, 0.05) is 20.0 Å². The summed E-state index contributed by atoms with van der Waals surface area (Å²) in [7, 11) is 1.65. The van der Waals surface area contributed by atoms with Crippen LogP contribution in [0, 0.1) is 5.92 Å². The van der Waals surface area contributed by atoms with Crippen molar-refractivity contribution in [2.24, 2.45) is 5.92 Å². The molecule has 0 N–H and O–H groups in total. The Morgan fingerprint density at radius 3 is 2.62 bits per heavy atom. The third-order valence-electron chi connectivity index (χ3n) is 2.83. The second-order valence-electron chi connectivity index (χ2n) is 3.99. The van der Waals surface area contributed by atoms with Crippen molar-refractivity contribution in [3.05, 3.63) is 0 Å². The van der Waals surface area contributed by atoms with Gasteiger partial charge >= 0.3 is 0 Å². The molecule has 1 saturated carbocycles. The Balaban J connectivity index is 2.11. The number of ether oxygens (including phenoxy) is 1. The SMILES string of the molecule is COCCC(=O)CC1CCCCC1. The van der Waals surface area contributed by atoms with Crippen LogP contribution < -0.4 is 0 Å². The zero-order valence-electron chi connectivity index (χ0n) is 8.55. The fraction of sp³-hybridized carbons (Fsp3) is 0.909. The van der Waals surface area contributed by atoms with Crippen LogP contribution in [-0.2, 0) is 9.53 Å². The summed E-state index contributed by atoms with van der Waals surface area (Å²) in [6.07, 6.45) is 7.93. The quantitative estimate of drug-likeness (QED) is 0.656. The van der Waals surface area contributed by atoms with Crippen LogP contribution in [0.1, 0.15) is 44.9 Å². The van der Waals surface area contributed by atoms with E-state index in [9.17, 15) is 4.79 Å². The highest BCUT2D eigenvalue weighted by molar-refractivity contribution is 5.78. The van der Waals surface area contributed by atoms with Gasteiger partial charge in [0.05, 0.1) is 6.61 Å². The number of hydrogen-bond acceptors (Lipinski definition) is 2. The summed E-state index contributed by atoms with van der Waals surface area (Å²) in [6.45, 7) is 0.589. The molecular formula is C11H20O2. The third kappa shape index (κ3) is 4.41. The maximum absolute atomic E-state index is 11.4. The van der Waals surface area contributed by atoms with Crippen molar-refractivity contribution >= 4 is 5.78 Å². The summed E-state index contributed by atoms with van der Waals surface area (Å²) in [5, 5.41) is 0. The molecule has 1 aliphatic rings. The predicted octanol–water partition coefficient (Wildman–Crippen LogP) is 2.56. The Labute approximate surface area is 80.7 Å². The molecule has 0 aromatic rings. The zero-order chi connectivity index (χ0) is 9.52. The van der Waals surface area contributed by atoms with Crippen LogP contribution in [-0.4, -0.2) is 19.5 Å². The van der Waals surface area contributed by atoms with Crippen molar-refractivity contribution in [3.63, 3.8) is 0 Å². The van der Waals surface area contributed by atoms with E-state index in [0.29, 0.717) is 24.7 Å². The van der Waals surface area contributed by atoms with Gasteiger partial charge in [0.2, 0.25) is 0 Å². The van der Waals surface area contributed by atoms with E-state index in [1.54, 1.807) is 7.11 Å². The Kier molecular flexibility index (Phi) is 5.06. The first-order chi connectivity index (χ1) is 6.33. The summed E-state index contributed by atoms with van der Waals surface area (Å²) < 4.78 is 4.88. The van der Waals surface area contributed by atoms with E-state index >= 15 is 0 Å². The predicted molar refractivity (Wildman–Crippen MR) is 52.7 cm³/mol. The van der Waals surface area contributed by atoms with Crippen molar-refractivity contribution < 1.29 is 9.53 Å². The molecule has 0 unspecified atom stereocenters. The number of carbonyl (C=O) groups is 1. The van der Waals surface area contributed by atoms with E-state index in [4.69, 9.17) is 4.74 Å². The number of rotatable bonds is 5. The van der Waals surface area contributed by atoms with Crippen LogP contribution in [0.2, 0.25) is 0 Å². The lowest BCUT2D eigenvalue weighted by Crippen LogP contribution is -2.13. The van der Waals surface area contributed by atoms with Crippen molar-refractivity contribution in [1.82, 2.24) is 0 Å². The molecule has 0 amide bonds. The van der Waals surface area contributed by atoms with E-state index in [1.807, 2.05) is 0 Å². The van der Waals surface area contributed by atoms with Gasteiger partial charge in [-0.25, -0.2) is 0 Å². The van der Waals surface area contributed by atoms with Gasteiger partial charge in [-0.1, -0.05) is 32.1 Å². The number of ketones is 1. The summed E-state index contributed by atoms with van der Waals surface area (Å²) in [4.78, 5) is 11.4. The van der Waals surface area contributed by atoms with Crippen LogP contribution in [0.25, 0.3) is 0 Å². The van der Waals surface area contributed by atoms with Crippen molar-refractivity contribution in [2.75, 3.05) is 13.7 Å². The highest BCUT2D eigenvalue weighted by atomic mass is 16.5. The molecule has 1 rings (SSSR count). The molecule has 0 spiro atoms. The maximum atomic E-state index is 11.4. The largest absolute Gasteiger partial charge is 0.384 e. The fourth-order valence-electron chi connectivity index (χ4n) is 2.03. The van der Waals surface area contributed by atoms with Crippen LogP contribution in [0.5, 0.6) is 0 Å². The number of Topliss-reactive ketones (excluding diaryl/α,β-unsaturated/α-hetero) is 1. The van der Waals surface area contributed by atoms with Gasteiger partial charge < -0.3 is 4.74 Å². The molecule has 0 saturated heterocycles. The molecule has 1 aliphatic carbocycles. The topological polar surface area (TPSA) is 26.3 Å². The Morgan fingerprint density at radius 1 is 1.31 bits per heavy atom. The minimum atomic E-state index is 0.383. The first-order valence-corrected chi connectivity index (χ1v) is 5.33. The summed E-state index contributed by atoms with van der Waals surface area (Å²) in [5.74, 6) is 1.06. The molecule has 0 atom stereocenters. The molecule has 0 radical (unpaired) electrons. The van der Waals surface area contributed by atoms with Crippen LogP contribution in [0.4, 0.5) is 0 Å². The molecule has 0 heterocycles. The molecule has 2 nitrogen and oxygen atoms in total. The fourth-order valence-corrected chi connectivity index (χ4v) is 2.03. The first-order valence-electron chi connectivity index (χ1n) is 5.33. The van der Waals surface area contributed by atoms with Crippen molar-refractivity contribution in [3.8, 4) is 0 Å². The smallest absolute Gasteiger partial charge is 0.135 e. The average Bonchev–Trinajstić information content (AvgIpc) is 2.16. The maximum Gasteiger partial charge on any atom is 0.135 e. The van der Waals surface area contributed by atoms with Crippen molar-refractivity contribution in [2.45, 2.75) is 44.9 Å². The molecule has 76 valence electrons. The second-order valence-corrected chi connectivity index (χ2v) is 3.99. The lowest BCUT2D eigenvalue weighted by molar-refractivity contribution is -0.121. The summed E-state index contributed by atoms with van der Waals surface area (Å²) in [6, 6.07) is 0. The van der Waals surface area contributed by atoms with E-state index in [1.165, 1.54) is 32.1 Å². The average molecular weight is 184 g/mol.